The van der Waals surface area contributed by atoms with E-state index in [0.717, 1.165) is 17.7 Å². The highest BCUT2D eigenvalue weighted by Gasteiger charge is 2.20. The molecule has 9 heteroatoms. The third kappa shape index (κ3) is 5.41. The fourth-order valence-electron chi connectivity index (χ4n) is 2.91. The normalized spacial score (nSPS) is 10.6. The van der Waals surface area contributed by atoms with Crippen LogP contribution < -0.4 is 0 Å². The molecule has 0 heterocycles. The van der Waals surface area contributed by atoms with E-state index >= 15 is 0 Å². The van der Waals surface area contributed by atoms with E-state index in [1.165, 1.54) is 6.07 Å². The number of hydrogen-bond acceptors (Lipinski definition) is 7. The van der Waals surface area contributed by atoms with Gasteiger partial charge >= 0.3 is 0 Å². The Labute approximate surface area is 160 Å². The molecule has 2 aromatic carbocycles. The van der Waals surface area contributed by atoms with Gasteiger partial charge in [-0.1, -0.05) is 18.2 Å². The monoisotopic (exact) mass is 388 g/mol. The van der Waals surface area contributed by atoms with Crippen LogP contribution in [0.25, 0.3) is 0 Å². The predicted molar refractivity (Wildman–Crippen MR) is 99.7 cm³/mol. The van der Waals surface area contributed by atoms with E-state index in [9.17, 15) is 35.2 Å². The van der Waals surface area contributed by atoms with Crippen LogP contribution >= 0.6 is 0 Å². The van der Waals surface area contributed by atoms with Crippen LogP contribution in [-0.2, 0) is 30.8 Å². The fraction of sp³-hybridized carbons (Fsp3) is 0.316. The zero-order valence-corrected chi connectivity index (χ0v) is 15.0. The number of nitro groups is 2. The Bertz CT molecular complexity index is 896. The maximum Gasteiger partial charge on any atom is 0.279 e. The zero-order chi connectivity index (χ0) is 20.7. The third-order valence-electron chi connectivity index (χ3n) is 4.40. The number of ketones is 1. The molecule has 0 unspecified atom stereocenters. The number of hydrogen-bond donors (Lipinski definition) is 2. The van der Waals surface area contributed by atoms with Crippen molar-refractivity contribution in [1.29, 1.82) is 0 Å². The number of non-ortho nitro benzene ring substituents is 1. The Balaban J connectivity index is 1.98. The molecule has 0 aromatic heterocycles. The van der Waals surface area contributed by atoms with Crippen molar-refractivity contribution in [2.24, 2.45) is 0 Å². The van der Waals surface area contributed by atoms with Crippen molar-refractivity contribution in [1.82, 2.24) is 0 Å². The number of rotatable bonds is 10. The van der Waals surface area contributed by atoms with Crippen molar-refractivity contribution >= 4 is 17.2 Å². The molecule has 0 amide bonds. The van der Waals surface area contributed by atoms with Gasteiger partial charge in [0.2, 0.25) is 0 Å². The molecule has 0 spiro atoms. The molecule has 0 fully saturated rings. The van der Waals surface area contributed by atoms with Crippen LogP contribution in [0.3, 0.4) is 0 Å². The Morgan fingerprint density at radius 3 is 2.18 bits per heavy atom. The molecule has 0 saturated heterocycles. The number of nitro benzene ring substituents is 2. The maximum atomic E-state index is 12.2. The highest BCUT2D eigenvalue weighted by atomic mass is 16.6. The first kappa shape index (κ1) is 21.1. The van der Waals surface area contributed by atoms with Crippen molar-refractivity contribution in [3.05, 3.63) is 78.9 Å². The molecule has 2 N–H and O–H groups in total. The number of aliphatic hydroxyl groups is 2. The first-order valence-electron chi connectivity index (χ1n) is 8.61. The largest absolute Gasteiger partial charge is 0.392 e. The summed E-state index contributed by atoms with van der Waals surface area (Å²) in [4.78, 5) is 32.6. The summed E-state index contributed by atoms with van der Waals surface area (Å²) in [7, 11) is 0. The Kier molecular flexibility index (Phi) is 7.30. The van der Waals surface area contributed by atoms with Gasteiger partial charge in [0, 0.05) is 24.5 Å². The molecule has 0 radical (unpaired) electrons. The van der Waals surface area contributed by atoms with E-state index in [-0.39, 0.29) is 37.4 Å². The molecule has 0 aliphatic carbocycles. The van der Waals surface area contributed by atoms with Gasteiger partial charge in [-0.3, -0.25) is 25.0 Å². The molecule has 0 bridgehead atoms. The van der Waals surface area contributed by atoms with Crippen molar-refractivity contribution in [2.75, 3.05) is 0 Å². The lowest BCUT2D eigenvalue weighted by Gasteiger charge is -2.08. The summed E-state index contributed by atoms with van der Waals surface area (Å²) in [6.07, 6.45) is 1.12. The molecule has 0 atom stereocenters. The number of nitrogens with zero attached hydrogens (tertiary/aromatic N) is 2. The second-order valence-electron chi connectivity index (χ2n) is 6.32. The average Bonchev–Trinajstić information content (AvgIpc) is 2.67. The number of carbonyl (C=O) groups is 1. The average molecular weight is 388 g/mol. The molecule has 148 valence electrons. The van der Waals surface area contributed by atoms with Crippen molar-refractivity contribution in [3.8, 4) is 0 Å². The van der Waals surface area contributed by atoms with Crippen LogP contribution in [0, 0.1) is 20.2 Å². The van der Waals surface area contributed by atoms with Crippen LogP contribution in [0.4, 0.5) is 11.4 Å². The van der Waals surface area contributed by atoms with Gasteiger partial charge in [-0.15, -0.1) is 0 Å². The molecule has 0 aliphatic heterocycles. The summed E-state index contributed by atoms with van der Waals surface area (Å²) in [5.74, 6) is -0.202. The van der Waals surface area contributed by atoms with Gasteiger partial charge in [0.25, 0.3) is 11.4 Å². The lowest BCUT2D eigenvalue weighted by atomic mass is 9.99. The van der Waals surface area contributed by atoms with Crippen LogP contribution in [0.1, 0.15) is 35.1 Å². The summed E-state index contributed by atoms with van der Waals surface area (Å²) < 4.78 is 0. The van der Waals surface area contributed by atoms with Crippen LogP contribution in [-0.4, -0.2) is 25.8 Å². The van der Waals surface area contributed by atoms with Crippen LogP contribution in [0.5, 0.6) is 0 Å². The predicted octanol–water partition coefficient (Wildman–Crippen LogP) is 2.62. The highest BCUT2D eigenvalue weighted by molar-refractivity contribution is 5.82. The van der Waals surface area contributed by atoms with Crippen molar-refractivity contribution in [3.63, 3.8) is 0 Å². The SMILES string of the molecule is O=C(CCCc1ccc(CO)c(CO)c1)Cc1ccc([N+](=O)[O-])cc1[N+](=O)[O-]. The maximum absolute atomic E-state index is 12.2. The Hall–Kier alpha value is -3.17. The molecule has 0 saturated carbocycles. The van der Waals surface area contributed by atoms with Gasteiger partial charge in [0.05, 0.1) is 29.1 Å². The fourth-order valence-corrected chi connectivity index (χ4v) is 2.91. The first-order valence-corrected chi connectivity index (χ1v) is 8.61. The number of carbonyl (C=O) groups excluding carboxylic acids is 1. The molecular weight excluding hydrogens is 368 g/mol. The van der Waals surface area contributed by atoms with Gasteiger partial charge in [0.15, 0.2) is 0 Å². The minimum Gasteiger partial charge on any atom is -0.392 e. The van der Waals surface area contributed by atoms with E-state index in [1.807, 2.05) is 6.07 Å². The lowest BCUT2D eigenvalue weighted by Crippen LogP contribution is -2.06. The standard InChI is InChI=1S/C19H20N2O7/c22-11-15-5-4-13(8-16(15)12-23)2-1-3-18(24)9-14-6-7-17(20(25)26)10-19(14)21(27)28/h4-8,10,22-23H,1-3,9,11-12H2. The summed E-state index contributed by atoms with van der Waals surface area (Å²) >= 11 is 0. The minimum absolute atomic E-state index is 0.149. The molecule has 0 aliphatic rings. The van der Waals surface area contributed by atoms with Crippen LogP contribution in [0.2, 0.25) is 0 Å². The summed E-state index contributed by atoms with van der Waals surface area (Å²) in [6, 6.07) is 8.57. The number of benzene rings is 2. The van der Waals surface area contributed by atoms with E-state index in [0.29, 0.717) is 24.0 Å². The van der Waals surface area contributed by atoms with Gasteiger partial charge in [-0.05, 0) is 35.6 Å². The molecule has 2 rings (SSSR count). The summed E-state index contributed by atoms with van der Waals surface area (Å²) in [6.45, 7) is -0.352. The van der Waals surface area contributed by atoms with Crippen LogP contribution in [0.15, 0.2) is 36.4 Å². The molecule has 9 nitrogen and oxygen atoms in total. The summed E-state index contributed by atoms with van der Waals surface area (Å²) in [5, 5.41) is 40.4. The second kappa shape index (κ2) is 9.67. The van der Waals surface area contributed by atoms with Gasteiger partial charge < -0.3 is 10.2 Å². The highest BCUT2D eigenvalue weighted by Crippen LogP contribution is 2.25. The first-order chi connectivity index (χ1) is 13.3. The second-order valence-corrected chi connectivity index (χ2v) is 6.32. The van der Waals surface area contributed by atoms with Crippen molar-refractivity contribution < 1.29 is 24.9 Å². The van der Waals surface area contributed by atoms with Crippen molar-refractivity contribution in [2.45, 2.75) is 38.9 Å². The minimum atomic E-state index is -0.727. The molecular formula is C19H20N2O7. The topological polar surface area (TPSA) is 144 Å². The zero-order valence-electron chi connectivity index (χ0n) is 15.0. The smallest absolute Gasteiger partial charge is 0.279 e. The lowest BCUT2D eigenvalue weighted by molar-refractivity contribution is -0.394. The summed E-state index contributed by atoms with van der Waals surface area (Å²) in [5.41, 5.74) is 1.51. The number of aliphatic hydroxyl groups excluding tert-OH is 2. The Morgan fingerprint density at radius 1 is 0.893 bits per heavy atom. The quantitative estimate of drug-likeness (QED) is 0.470. The van der Waals surface area contributed by atoms with E-state index in [4.69, 9.17) is 0 Å². The number of aryl methyl sites for hydroxylation is 1. The number of Topliss-reactive ketones (excluding diaryl/α,β-unsaturated/α-hetero) is 1. The Morgan fingerprint density at radius 2 is 1.57 bits per heavy atom. The van der Waals surface area contributed by atoms with E-state index in [2.05, 4.69) is 0 Å². The van der Waals surface area contributed by atoms with E-state index in [1.54, 1.807) is 12.1 Å². The van der Waals surface area contributed by atoms with E-state index < -0.39 is 21.2 Å². The van der Waals surface area contributed by atoms with Gasteiger partial charge in [0.1, 0.15) is 5.78 Å². The molecule has 2 aromatic rings. The van der Waals surface area contributed by atoms with Gasteiger partial charge in [-0.2, -0.15) is 0 Å². The third-order valence-corrected chi connectivity index (χ3v) is 4.40. The van der Waals surface area contributed by atoms with Gasteiger partial charge in [-0.25, -0.2) is 0 Å². The molecule has 28 heavy (non-hydrogen) atoms.